The molecule has 2 saturated heterocycles. The number of carbonyl (C=O) groups is 1. The molecule has 7 heteroatoms. The van der Waals surface area contributed by atoms with Crippen molar-refractivity contribution in [2.75, 3.05) is 62.3 Å². The second kappa shape index (κ2) is 7.60. The van der Waals surface area contributed by atoms with Gasteiger partial charge in [0.15, 0.2) is 5.69 Å². The highest BCUT2D eigenvalue weighted by atomic mass is 16.5. The Bertz CT molecular complexity index is 805. The first kappa shape index (κ1) is 17.9. The molecule has 0 spiro atoms. The summed E-state index contributed by atoms with van der Waals surface area (Å²) in [6, 6.07) is 8.14. The third kappa shape index (κ3) is 3.64. The van der Waals surface area contributed by atoms with Gasteiger partial charge in [-0.25, -0.2) is 0 Å². The summed E-state index contributed by atoms with van der Waals surface area (Å²) in [6.45, 7) is 10.2. The van der Waals surface area contributed by atoms with Crippen LogP contribution in [0.4, 0.5) is 11.6 Å². The third-order valence-corrected chi connectivity index (χ3v) is 5.52. The highest BCUT2D eigenvalue weighted by Crippen LogP contribution is 2.24. The fourth-order valence-electron chi connectivity index (χ4n) is 3.69. The zero-order valence-electron chi connectivity index (χ0n) is 16.0. The van der Waals surface area contributed by atoms with Gasteiger partial charge in [0.1, 0.15) is 0 Å². The Labute approximate surface area is 159 Å². The smallest absolute Gasteiger partial charge is 0.276 e. The Kier molecular flexibility index (Phi) is 5.03. The average molecular weight is 370 g/mol. The fraction of sp³-hybridized carbons (Fsp3) is 0.500. The van der Waals surface area contributed by atoms with Crippen molar-refractivity contribution in [3.05, 3.63) is 41.1 Å². The van der Waals surface area contributed by atoms with Gasteiger partial charge in [-0.05, 0) is 31.0 Å². The quantitative estimate of drug-likeness (QED) is 0.825. The van der Waals surface area contributed by atoms with Crippen molar-refractivity contribution >= 4 is 17.5 Å². The SMILES string of the molecule is Cc1cccc(N2CCN(C(=O)c3cc(N4CCOCC4)on3)CC2)c1C. The molecule has 27 heavy (non-hydrogen) atoms. The molecule has 2 aliphatic rings. The summed E-state index contributed by atoms with van der Waals surface area (Å²) in [5.74, 6) is 0.592. The number of morpholine rings is 1. The molecule has 7 nitrogen and oxygen atoms in total. The van der Waals surface area contributed by atoms with Gasteiger partial charge >= 0.3 is 0 Å². The normalized spacial score (nSPS) is 18.1. The van der Waals surface area contributed by atoms with Gasteiger partial charge < -0.3 is 24.0 Å². The number of aromatic nitrogens is 1. The number of aryl methyl sites for hydroxylation is 1. The molecular weight excluding hydrogens is 344 g/mol. The minimum atomic E-state index is -0.0566. The van der Waals surface area contributed by atoms with Crippen molar-refractivity contribution in [3.8, 4) is 0 Å². The molecule has 0 atom stereocenters. The highest BCUT2D eigenvalue weighted by molar-refractivity contribution is 5.93. The van der Waals surface area contributed by atoms with E-state index < -0.39 is 0 Å². The van der Waals surface area contributed by atoms with Crippen molar-refractivity contribution in [1.29, 1.82) is 0 Å². The second-order valence-electron chi connectivity index (χ2n) is 7.15. The lowest BCUT2D eigenvalue weighted by atomic mass is 10.1. The molecule has 1 amide bonds. The molecule has 2 aromatic rings. The Morgan fingerprint density at radius 3 is 2.48 bits per heavy atom. The topological polar surface area (TPSA) is 62.0 Å². The molecule has 0 saturated carbocycles. The zero-order valence-corrected chi connectivity index (χ0v) is 16.0. The minimum Gasteiger partial charge on any atom is -0.378 e. The highest BCUT2D eigenvalue weighted by Gasteiger charge is 2.26. The number of hydrogen-bond acceptors (Lipinski definition) is 6. The van der Waals surface area contributed by atoms with Crippen molar-refractivity contribution in [1.82, 2.24) is 10.1 Å². The van der Waals surface area contributed by atoms with E-state index >= 15 is 0 Å². The van der Waals surface area contributed by atoms with Crippen LogP contribution in [-0.2, 0) is 4.74 Å². The molecule has 0 radical (unpaired) electrons. The van der Waals surface area contributed by atoms with E-state index in [1.807, 2.05) is 4.90 Å². The van der Waals surface area contributed by atoms with Crippen LogP contribution >= 0.6 is 0 Å². The average Bonchev–Trinajstić information content (AvgIpc) is 3.21. The summed E-state index contributed by atoms with van der Waals surface area (Å²) in [6.07, 6.45) is 0. The van der Waals surface area contributed by atoms with E-state index in [0.717, 1.165) is 26.2 Å². The van der Waals surface area contributed by atoms with Crippen LogP contribution in [-0.4, -0.2) is 68.4 Å². The van der Waals surface area contributed by atoms with E-state index in [2.05, 4.69) is 47.0 Å². The minimum absolute atomic E-state index is 0.0566. The molecule has 0 aliphatic carbocycles. The van der Waals surface area contributed by atoms with Crippen LogP contribution in [0.3, 0.4) is 0 Å². The van der Waals surface area contributed by atoms with Crippen molar-refractivity contribution in [2.45, 2.75) is 13.8 Å². The number of benzene rings is 1. The number of piperazine rings is 1. The maximum Gasteiger partial charge on any atom is 0.276 e. The number of amides is 1. The predicted molar refractivity (Wildman–Crippen MR) is 104 cm³/mol. The Balaban J connectivity index is 1.39. The van der Waals surface area contributed by atoms with Crippen LogP contribution < -0.4 is 9.80 Å². The molecule has 2 fully saturated rings. The van der Waals surface area contributed by atoms with Crippen LogP contribution in [0.5, 0.6) is 0 Å². The van der Waals surface area contributed by atoms with Crippen molar-refractivity contribution < 1.29 is 14.1 Å². The lowest BCUT2D eigenvalue weighted by Gasteiger charge is -2.36. The fourth-order valence-corrected chi connectivity index (χ4v) is 3.69. The predicted octanol–water partition coefficient (Wildman–Crippen LogP) is 2.09. The van der Waals surface area contributed by atoms with E-state index in [-0.39, 0.29) is 5.91 Å². The molecule has 0 N–H and O–H groups in total. The number of nitrogens with zero attached hydrogens (tertiary/aromatic N) is 4. The summed E-state index contributed by atoms with van der Waals surface area (Å²) in [5.41, 5.74) is 4.25. The van der Waals surface area contributed by atoms with Crippen LogP contribution in [0, 0.1) is 13.8 Å². The molecule has 1 aromatic carbocycles. The van der Waals surface area contributed by atoms with E-state index in [9.17, 15) is 4.79 Å². The van der Waals surface area contributed by atoms with Gasteiger partial charge in [-0.3, -0.25) is 4.79 Å². The summed E-state index contributed by atoms with van der Waals surface area (Å²) in [7, 11) is 0. The molecule has 2 aliphatic heterocycles. The van der Waals surface area contributed by atoms with Crippen molar-refractivity contribution in [3.63, 3.8) is 0 Å². The number of anilines is 2. The number of rotatable bonds is 3. The Morgan fingerprint density at radius 1 is 1.00 bits per heavy atom. The summed E-state index contributed by atoms with van der Waals surface area (Å²) in [4.78, 5) is 19.1. The Hall–Kier alpha value is -2.54. The lowest BCUT2D eigenvalue weighted by Crippen LogP contribution is -2.49. The van der Waals surface area contributed by atoms with Gasteiger partial charge in [-0.1, -0.05) is 17.3 Å². The first-order chi connectivity index (χ1) is 13.1. The van der Waals surface area contributed by atoms with E-state index in [1.165, 1.54) is 16.8 Å². The standard InChI is InChI=1S/C20H26N4O3/c1-15-4-3-5-18(16(15)2)22-6-8-24(9-7-22)20(25)17-14-19(27-21-17)23-10-12-26-13-11-23/h3-5,14H,6-13H2,1-2H3. The van der Waals surface area contributed by atoms with E-state index in [0.29, 0.717) is 37.9 Å². The van der Waals surface area contributed by atoms with Gasteiger partial charge in [0, 0.05) is 51.0 Å². The van der Waals surface area contributed by atoms with Crippen molar-refractivity contribution in [2.24, 2.45) is 0 Å². The molecule has 3 heterocycles. The summed E-state index contributed by atoms with van der Waals surface area (Å²) in [5, 5.41) is 4.01. The van der Waals surface area contributed by atoms with Crippen LogP contribution in [0.1, 0.15) is 21.6 Å². The molecule has 144 valence electrons. The molecule has 0 bridgehead atoms. The number of ether oxygens (including phenoxy) is 1. The molecule has 0 unspecified atom stereocenters. The first-order valence-electron chi connectivity index (χ1n) is 9.53. The number of carbonyl (C=O) groups excluding carboxylic acids is 1. The Morgan fingerprint density at radius 2 is 1.74 bits per heavy atom. The molecule has 1 aromatic heterocycles. The van der Waals surface area contributed by atoms with Gasteiger partial charge in [0.05, 0.1) is 13.2 Å². The maximum atomic E-state index is 12.8. The van der Waals surface area contributed by atoms with Gasteiger partial charge in [0.2, 0.25) is 5.88 Å². The maximum absolute atomic E-state index is 12.8. The summed E-state index contributed by atoms with van der Waals surface area (Å²) >= 11 is 0. The van der Waals surface area contributed by atoms with Gasteiger partial charge in [-0.2, -0.15) is 0 Å². The number of hydrogen-bond donors (Lipinski definition) is 0. The molecule has 4 rings (SSSR count). The van der Waals surface area contributed by atoms with E-state index in [1.54, 1.807) is 6.07 Å². The van der Waals surface area contributed by atoms with Gasteiger partial charge in [-0.15, -0.1) is 0 Å². The van der Waals surface area contributed by atoms with E-state index in [4.69, 9.17) is 9.26 Å². The first-order valence-corrected chi connectivity index (χ1v) is 9.53. The lowest BCUT2D eigenvalue weighted by molar-refractivity contribution is 0.0736. The van der Waals surface area contributed by atoms with Crippen LogP contribution in [0.2, 0.25) is 0 Å². The van der Waals surface area contributed by atoms with Gasteiger partial charge in [0.25, 0.3) is 5.91 Å². The largest absolute Gasteiger partial charge is 0.378 e. The summed E-state index contributed by atoms with van der Waals surface area (Å²) < 4.78 is 10.7. The van der Waals surface area contributed by atoms with Crippen LogP contribution in [0.25, 0.3) is 0 Å². The van der Waals surface area contributed by atoms with Crippen LogP contribution in [0.15, 0.2) is 28.8 Å². The molecular formula is C20H26N4O3. The third-order valence-electron chi connectivity index (χ3n) is 5.52. The second-order valence-corrected chi connectivity index (χ2v) is 7.15. The monoisotopic (exact) mass is 370 g/mol. The zero-order chi connectivity index (χ0) is 18.8.